The molecule has 0 saturated heterocycles. The average Bonchev–Trinajstić information content (AvgIpc) is 2.24. The first-order valence-corrected chi connectivity index (χ1v) is 5.22. The molecule has 1 aliphatic carbocycles. The molecule has 76 valence electrons. The van der Waals surface area contributed by atoms with Crippen molar-refractivity contribution in [3.8, 4) is 0 Å². The molecule has 2 heteroatoms. The first-order chi connectivity index (χ1) is 6.00. The molecule has 2 nitrogen and oxygen atoms in total. The second-order valence-corrected chi connectivity index (χ2v) is 4.78. The van der Waals surface area contributed by atoms with Crippen molar-refractivity contribution in [3.63, 3.8) is 0 Å². The molecule has 0 spiro atoms. The van der Waals surface area contributed by atoms with E-state index < -0.39 is 0 Å². The van der Waals surface area contributed by atoms with E-state index in [1.165, 1.54) is 0 Å². The summed E-state index contributed by atoms with van der Waals surface area (Å²) in [5.41, 5.74) is 0.992. The van der Waals surface area contributed by atoms with Gasteiger partial charge in [-0.2, -0.15) is 0 Å². The lowest BCUT2D eigenvalue weighted by atomic mass is 9.81. The molecule has 0 amide bonds. The molecule has 0 aliphatic heterocycles. The van der Waals surface area contributed by atoms with Crippen LogP contribution in [0.5, 0.6) is 0 Å². The standard InChI is InChI=1S/C11H21NO/c1-6(2)10-7(3)8(4)11(12-13)9(10)5/h6-10,13H,1-5H3/b12-11-. The van der Waals surface area contributed by atoms with Crippen molar-refractivity contribution in [2.75, 3.05) is 0 Å². The molecule has 0 radical (unpaired) electrons. The van der Waals surface area contributed by atoms with Gasteiger partial charge in [-0.3, -0.25) is 0 Å². The van der Waals surface area contributed by atoms with E-state index in [0.29, 0.717) is 29.6 Å². The Hall–Kier alpha value is -0.530. The van der Waals surface area contributed by atoms with E-state index in [2.05, 4.69) is 39.8 Å². The second-order valence-electron chi connectivity index (χ2n) is 4.78. The van der Waals surface area contributed by atoms with Crippen LogP contribution in [0.2, 0.25) is 0 Å². The highest BCUT2D eigenvalue weighted by Crippen LogP contribution is 2.42. The molecule has 1 fully saturated rings. The van der Waals surface area contributed by atoms with Gasteiger partial charge in [0, 0.05) is 11.8 Å². The highest BCUT2D eigenvalue weighted by Gasteiger charge is 2.42. The van der Waals surface area contributed by atoms with Crippen molar-refractivity contribution in [1.82, 2.24) is 0 Å². The molecule has 0 aromatic carbocycles. The van der Waals surface area contributed by atoms with Crippen LogP contribution in [0.3, 0.4) is 0 Å². The Balaban J connectivity index is 2.91. The number of nitrogens with zero attached hydrogens (tertiary/aromatic N) is 1. The van der Waals surface area contributed by atoms with Gasteiger partial charge < -0.3 is 5.21 Å². The molecular formula is C11H21NO. The first kappa shape index (κ1) is 10.6. The topological polar surface area (TPSA) is 32.6 Å². The van der Waals surface area contributed by atoms with E-state index in [-0.39, 0.29) is 0 Å². The molecule has 0 bridgehead atoms. The van der Waals surface area contributed by atoms with Crippen LogP contribution in [0.25, 0.3) is 0 Å². The van der Waals surface area contributed by atoms with E-state index in [9.17, 15) is 0 Å². The third-order valence-corrected chi connectivity index (χ3v) is 3.79. The third kappa shape index (κ3) is 1.59. The minimum Gasteiger partial charge on any atom is -0.411 e. The van der Waals surface area contributed by atoms with Crippen molar-refractivity contribution >= 4 is 5.71 Å². The molecule has 0 aromatic heterocycles. The summed E-state index contributed by atoms with van der Waals surface area (Å²) in [6.45, 7) is 11.1. The largest absolute Gasteiger partial charge is 0.411 e. The molecule has 4 unspecified atom stereocenters. The normalized spacial score (nSPS) is 43.4. The fourth-order valence-electron chi connectivity index (χ4n) is 3.04. The summed E-state index contributed by atoms with van der Waals surface area (Å²) in [5, 5.41) is 12.4. The van der Waals surface area contributed by atoms with Gasteiger partial charge in [-0.25, -0.2) is 0 Å². The second kappa shape index (κ2) is 3.69. The van der Waals surface area contributed by atoms with Crippen LogP contribution in [0, 0.1) is 29.6 Å². The van der Waals surface area contributed by atoms with Gasteiger partial charge in [0.25, 0.3) is 0 Å². The summed E-state index contributed by atoms with van der Waals surface area (Å²) in [6.07, 6.45) is 0. The van der Waals surface area contributed by atoms with Gasteiger partial charge in [0.2, 0.25) is 0 Å². The first-order valence-electron chi connectivity index (χ1n) is 5.22. The predicted molar refractivity (Wildman–Crippen MR) is 55.0 cm³/mol. The lowest BCUT2D eigenvalue weighted by Crippen LogP contribution is -2.19. The van der Waals surface area contributed by atoms with Gasteiger partial charge in [-0.1, -0.05) is 39.8 Å². The number of hydrogen-bond acceptors (Lipinski definition) is 2. The summed E-state index contributed by atoms with van der Waals surface area (Å²) in [6, 6.07) is 0. The van der Waals surface area contributed by atoms with Gasteiger partial charge in [0.1, 0.15) is 0 Å². The van der Waals surface area contributed by atoms with Crippen molar-refractivity contribution in [2.24, 2.45) is 34.7 Å². The maximum Gasteiger partial charge on any atom is 0.0632 e. The third-order valence-electron chi connectivity index (χ3n) is 3.79. The molecular weight excluding hydrogens is 162 g/mol. The Morgan fingerprint density at radius 1 is 1.15 bits per heavy atom. The molecule has 1 saturated carbocycles. The summed E-state index contributed by atoms with van der Waals surface area (Å²) in [7, 11) is 0. The zero-order valence-corrected chi connectivity index (χ0v) is 9.28. The average molecular weight is 183 g/mol. The van der Waals surface area contributed by atoms with Gasteiger partial charge >= 0.3 is 0 Å². The van der Waals surface area contributed by atoms with Crippen molar-refractivity contribution in [3.05, 3.63) is 0 Å². The summed E-state index contributed by atoms with van der Waals surface area (Å²) in [5.74, 6) is 2.86. The SMILES string of the molecule is CC(C)C1C(C)/C(=N\O)C(C)C1C. The quantitative estimate of drug-likeness (QED) is 0.492. The number of rotatable bonds is 1. The van der Waals surface area contributed by atoms with Crippen LogP contribution >= 0.6 is 0 Å². The lowest BCUT2D eigenvalue weighted by Gasteiger charge is -2.23. The maximum absolute atomic E-state index is 8.91. The Morgan fingerprint density at radius 2 is 1.69 bits per heavy atom. The molecule has 0 heterocycles. The number of oxime groups is 1. The molecule has 1 aliphatic rings. The predicted octanol–water partition coefficient (Wildman–Crippen LogP) is 3.01. The highest BCUT2D eigenvalue weighted by molar-refractivity contribution is 5.90. The number of hydrogen-bond donors (Lipinski definition) is 1. The van der Waals surface area contributed by atoms with Crippen molar-refractivity contribution in [1.29, 1.82) is 0 Å². The summed E-state index contributed by atoms with van der Waals surface area (Å²) in [4.78, 5) is 0. The van der Waals surface area contributed by atoms with Crippen LogP contribution in [0.15, 0.2) is 5.16 Å². The maximum atomic E-state index is 8.91. The fourth-order valence-corrected chi connectivity index (χ4v) is 3.04. The van der Waals surface area contributed by atoms with Gasteiger partial charge in [0.15, 0.2) is 0 Å². The molecule has 13 heavy (non-hydrogen) atoms. The van der Waals surface area contributed by atoms with E-state index in [1.54, 1.807) is 0 Å². The van der Waals surface area contributed by atoms with E-state index in [4.69, 9.17) is 5.21 Å². The Morgan fingerprint density at radius 3 is 1.92 bits per heavy atom. The molecule has 4 atom stereocenters. The zero-order valence-electron chi connectivity index (χ0n) is 9.28. The van der Waals surface area contributed by atoms with E-state index in [1.807, 2.05) is 0 Å². The van der Waals surface area contributed by atoms with Crippen molar-refractivity contribution in [2.45, 2.75) is 34.6 Å². The summed E-state index contributed by atoms with van der Waals surface area (Å²) >= 11 is 0. The van der Waals surface area contributed by atoms with Gasteiger partial charge in [0.05, 0.1) is 5.71 Å². The lowest BCUT2D eigenvalue weighted by molar-refractivity contribution is 0.243. The van der Waals surface area contributed by atoms with Crippen LogP contribution in [-0.4, -0.2) is 10.9 Å². The smallest absolute Gasteiger partial charge is 0.0632 e. The van der Waals surface area contributed by atoms with Crippen LogP contribution in [0.1, 0.15) is 34.6 Å². The Bertz CT molecular complexity index is 210. The van der Waals surface area contributed by atoms with Gasteiger partial charge in [-0.15, -0.1) is 0 Å². The minimum atomic E-state index is 0.437. The molecule has 1 rings (SSSR count). The zero-order chi connectivity index (χ0) is 10.2. The molecule has 1 N–H and O–H groups in total. The van der Waals surface area contributed by atoms with Crippen LogP contribution in [0.4, 0.5) is 0 Å². The van der Waals surface area contributed by atoms with Crippen molar-refractivity contribution < 1.29 is 5.21 Å². The molecule has 0 aromatic rings. The summed E-state index contributed by atoms with van der Waals surface area (Å²) < 4.78 is 0. The van der Waals surface area contributed by atoms with Crippen LogP contribution in [-0.2, 0) is 0 Å². The fraction of sp³-hybridized carbons (Fsp3) is 0.909. The van der Waals surface area contributed by atoms with E-state index in [0.717, 1.165) is 5.71 Å². The van der Waals surface area contributed by atoms with E-state index >= 15 is 0 Å². The highest BCUT2D eigenvalue weighted by atomic mass is 16.4. The van der Waals surface area contributed by atoms with Crippen LogP contribution < -0.4 is 0 Å². The monoisotopic (exact) mass is 183 g/mol. The van der Waals surface area contributed by atoms with Gasteiger partial charge in [-0.05, 0) is 17.8 Å². The Kier molecular flexibility index (Phi) is 2.99. The Labute approximate surface area is 81.0 Å². The minimum absolute atomic E-state index is 0.437.